The number of hydrogen-bond acceptors (Lipinski definition) is 3. The van der Waals surface area contributed by atoms with Crippen LogP contribution in [0.25, 0.3) is 0 Å². The van der Waals surface area contributed by atoms with E-state index in [-0.39, 0.29) is 18.2 Å². The summed E-state index contributed by atoms with van der Waals surface area (Å²) in [6.07, 6.45) is 2.57. The molecule has 2 heterocycles. The van der Waals surface area contributed by atoms with Crippen LogP contribution in [0.3, 0.4) is 0 Å². The van der Waals surface area contributed by atoms with E-state index in [1.165, 1.54) is 0 Å². The number of carbonyl (C=O) groups is 2. The zero-order chi connectivity index (χ0) is 12.6. The fraction of sp³-hybridized carbons (Fsp3) is 0.833. The number of likely N-dealkylation sites (tertiary alicyclic amines) is 1. The van der Waals surface area contributed by atoms with E-state index in [9.17, 15) is 9.59 Å². The van der Waals surface area contributed by atoms with Crippen LogP contribution in [0.5, 0.6) is 0 Å². The van der Waals surface area contributed by atoms with Crippen LogP contribution < -0.4 is 0 Å². The normalized spacial score (nSPS) is 28.2. The number of piperazine rings is 1. The van der Waals surface area contributed by atoms with Gasteiger partial charge in [0, 0.05) is 13.1 Å². The molecule has 0 radical (unpaired) electrons. The molecule has 2 rings (SSSR count). The molecule has 17 heavy (non-hydrogen) atoms. The van der Waals surface area contributed by atoms with E-state index >= 15 is 0 Å². The van der Waals surface area contributed by atoms with Crippen LogP contribution in [-0.4, -0.2) is 53.1 Å². The molecule has 0 aliphatic carbocycles. The predicted octanol–water partition coefficient (Wildman–Crippen LogP) is 1.23. The first-order valence-corrected chi connectivity index (χ1v) is 6.11. The molecule has 5 nitrogen and oxygen atoms in total. The lowest BCUT2D eigenvalue weighted by Gasteiger charge is -2.39. The second kappa shape index (κ2) is 4.20. The number of ether oxygens (including phenoxy) is 1. The van der Waals surface area contributed by atoms with Crippen molar-refractivity contribution in [2.75, 3.05) is 13.1 Å². The number of nitrogens with zero attached hydrogens (tertiary/aromatic N) is 2. The zero-order valence-electron chi connectivity index (χ0n) is 10.7. The quantitative estimate of drug-likeness (QED) is 0.648. The highest BCUT2D eigenvalue weighted by molar-refractivity contribution is 5.70. The maximum Gasteiger partial charge on any atom is 0.410 e. The summed E-state index contributed by atoms with van der Waals surface area (Å²) in [4.78, 5) is 26.4. The molecule has 2 saturated heterocycles. The van der Waals surface area contributed by atoms with Gasteiger partial charge in [-0.25, -0.2) is 4.79 Å². The van der Waals surface area contributed by atoms with Crippen molar-refractivity contribution in [3.8, 4) is 0 Å². The lowest BCUT2D eigenvalue weighted by atomic mass is 10.2. The highest BCUT2D eigenvalue weighted by Crippen LogP contribution is 2.31. The largest absolute Gasteiger partial charge is 0.444 e. The fourth-order valence-corrected chi connectivity index (χ4v) is 2.63. The molecule has 2 bridgehead atoms. The van der Waals surface area contributed by atoms with Gasteiger partial charge >= 0.3 is 6.09 Å². The molecular weight excluding hydrogens is 220 g/mol. The Kier molecular flexibility index (Phi) is 3.02. The Hall–Kier alpha value is -1.26. The molecule has 2 fully saturated rings. The molecule has 2 unspecified atom stereocenters. The summed E-state index contributed by atoms with van der Waals surface area (Å²) < 4.78 is 5.41. The van der Waals surface area contributed by atoms with Crippen LogP contribution in [0.1, 0.15) is 33.6 Å². The van der Waals surface area contributed by atoms with Crippen LogP contribution >= 0.6 is 0 Å². The first-order chi connectivity index (χ1) is 7.90. The zero-order valence-corrected chi connectivity index (χ0v) is 10.7. The van der Waals surface area contributed by atoms with E-state index in [1.54, 1.807) is 4.90 Å². The van der Waals surface area contributed by atoms with Gasteiger partial charge in [0.25, 0.3) is 0 Å². The Labute approximate surface area is 102 Å². The van der Waals surface area contributed by atoms with Crippen LogP contribution in [0, 0.1) is 0 Å². The van der Waals surface area contributed by atoms with Gasteiger partial charge in [0.1, 0.15) is 5.60 Å². The first kappa shape index (κ1) is 12.2. The predicted molar refractivity (Wildman–Crippen MR) is 62.5 cm³/mol. The lowest BCUT2D eigenvalue weighted by molar-refractivity contribution is -0.121. The molecule has 0 saturated carbocycles. The molecule has 0 spiro atoms. The van der Waals surface area contributed by atoms with E-state index in [1.807, 2.05) is 25.7 Å². The molecule has 0 aromatic rings. The van der Waals surface area contributed by atoms with Gasteiger partial charge in [-0.15, -0.1) is 0 Å². The van der Waals surface area contributed by atoms with Crippen molar-refractivity contribution in [1.29, 1.82) is 0 Å². The van der Waals surface area contributed by atoms with Gasteiger partial charge in [-0.05, 0) is 33.6 Å². The molecule has 0 aromatic carbocycles. The van der Waals surface area contributed by atoms with Crippen LogP contribution in [-0.2, 0) is 9.53 Å². The fourth-order valence-electron chi connectivity index (χ4n) is 2.63. The number of carbonyl (C=O) groups excluding carboxylic acids is 2. The van der Waals surface area contributed by atoms with E-state index in [2.05, 4.69) is 0 Å². The summed E-state index contributed by atoms with van der Waals surface area (Å²) in [5.41, 5.74) is -0.460. The summed E-state index contributed by atoms with van der Waals surface area (Å²) in [5.74, 6) is 0. The minimum atomic E-state index is -0.460. The van der Waals surface area contributed by atoms with Gasteiger partial charge in [0.15, 0.2) is 0 Å². The van der Waals surface area contributed by atoms with Gasteiger partial charge in [-0.3, -0.25) is 9.69 Å². The van der Waals surface area contributed by atoms with Crippen molar-refractivity contribution in [3.05, 3.63) is 0 Å². The van der Waals surface area contributed by atoms with Gasteiger partial charge in [-0.2, -0.15) is 0 Å². The Morgan fingerprint density at radius 2 is 1.76 bits per heavy atom. The highest BCUT2D eigenvalue weighted by atomic mass is 16.6. The Bertz CT molecular complexity index is 310. The minimum Gasteiger partial charge on any atom is -0.444 e. The van der Waals surface area contributed by atoms with Crippen molar-refractivity contribution in [2.45, 2.75) is 51.3 Å². The standard InChI is InChI=1S/C12H20N2O3/c1-12(2,3)17-11(16)14-9-4-5-10(14)7-13(6-9)8-15/h8-10H,4-7H2,1-3H3. The lowest BCUT2D eigenvalue weighted by Crippen LogP contribution is -2.56. The van der Waals surface area contributed by atoms with Crippen molar-refractivity contribution in [2.24, 2.45) is 0 Å². The Balaban J connectivity index is 2.04. The Morgan fingerprint density at radius 1 is 1.24 bits per heavy atom. The molecule has 2 aliphatic heterocycles. The van der Waals surface area contributed by atoms with Gasteiger partial charge in [0.2, 0.25) is 6.41 Å². The Morgan fingerprint density at radius 3 is 2.18 bits per heavy atom. The summed E-state index contributed by atoms with van der Waals surface area (Å²) in [5, 5.41) is 0. The van der Waals surface area contributed by atoms with E-state index in [4.69, 9.17) is 4.74 Å². The average molecular weight is 240 g/mol. The SMILES string of the molecule is CC(C)(C)OC(=O)N1C2CCC1CN(C=O)C2. The maximum absolute atomic E-state index is 12.1. The summed E-state index contributed by atoms with van der Waals surface area (Å²) >= 11 is 0. The number of hydrogen-bond donors (Lipinski definition) is 0. The topological polar surface area (TPSA) is 49.9 Å². The molecule has 96 valence electrons. The summed E-state index contributed by atoms with van der Waals surface area (Å²) in [6.45, 7) is 6.88. The van der Waals surface area contributed by atoms with Crippen molar-refractivity contribution in [3.63, 3.8) is 0 Å². The van der Waals surface area contributed by atoms with E-state index in [0.717, 1.165) is 19.3 Å². The molecule has 2 aliphatic rings. The molecule has 0 aromatic heterocycles. The second-order valence-electron chi connectivity index (χ2n) is 5.83. The number of amides is 2. The highest BCUT2D eigenvalue weighted by Gasteiger charge is 2.43. The van der Waals surface area contributed by atoms with Gasteiger partial charge in [-0.1, -0.05) is 0 Å². The molecular formula is C12H20N2O3. The minimum absolute atomic E-state index is 0.133. The van der Waals surface area contributed by atoms with Gasteiger partial charge in [0.05, 0.1) is 12.1 Å². The third-order valence-corrected chi connectivity index (χ3v) is 3.26. The summed E-state index contributed by atoms with van der Waals surface area (Å²) in [7, 11) is 0. The van der Waals surface area contributed by atoms with Gasteiger partial charge < -0.3 is 9.64 Å². The van der Waals surface area contributed by atoms with Crippen molar-refractivity contribution >= 4 is 12.5 Å². The first-order valence-electron chi connectivity index (χ1n) is 6.11. The maximum atomic E-state index is 12.1. The monoisotopic (exact) mass is 240 g/mol. The van der Waals surface area contributed by atoms with E-state index < -0.39 is 5.60 Å². The van der Waals surface area contributed by atoms with Crippen LogP contribution in [0.4, 0.5) is 4.79 Å². The van der Waals surface area contributed by atoms with Crippen LogP contribution in [0.2, 0.25) is 0 Å². The number of rotatable bonds is 1. The third-order valence-electron chi connectivity index (χ3n) is 3.26. The molecule has 5 heteroatoms. The number of fused-ring (bicyclic) bond motifs is 2. The van der Waals surface area contributed by atoms with Crippen molar-refractivity contribution < 1.29 is 14.3 Å². The van der Waals surface area contributed by atoms with E-state index in [0.29, 0.717) is 13.1 Å². The second-order valence-corrected chi connectivity index (χ2v) is 5.83. The average Bonchev–Trinajstić information content (AvgIpc) is 2.47. The molecule has 2 atom stereocenters. The third kappa shape index (κ3) is 2.53. The smallest absolute Gasteiger partial charge is 0.410 e. The molecule has 2 amide bonds. The molecule has 0 N–H and O–H groups in total. The van der Waals surface area contributed by atoms with Crippen LogP contribution in [0.15, 0.2) is 0 Å². The summed E-state index contributed by atoms with van der Waals surface area (Å²) in [6, 6.07) is 0.266. The van der Waals surface area contributed by atoms with Crippen molar-refractivity contribution in [1.82, 2.24) is 9.80 Å².